The van der Waals surface area contributed by atoms with Gasteiger partial charge >= 0.3 is 23.9 Å². The topological polar surface area (TPSA) is 163 Å². The number of ether oxygens (including phenoxy) is 4. The smallest absolute Gasteiger partial charge is 0.325 e. The third-order valence-corrected chi connectivity index (χ3v) is 6.96. The molecule has 3 aromatic carbocycles. The zero-order chi connectivity index (χ0) is 43.1. The number of esters is 4. The second-order valence-corrected chi connectivity index (χ2v) is 17.2. The Labute approximate surface area is 332 Å². The van der Waals surface area contributed by atoms with Gasteiger partial charge in [0.2, 0.25) is 11.8 Å². The summed E-state index contributed by atoms with van der Waals surface area (Å²) in [5.41, 5.74) is 0.200. The molecule has 0 spiro atoms. The zero-order valence-corrected chi connectivity index (χ0v) is 35.9. The van der Waals surface area contributed by atoms with Crippen molar-refractivity contribution in [2.45, 2.75) is 145 Å². The average molecular weight is 781 g/mol. The first kappa shape index (κ1) is 49.0. The second kappa shape index (κ2) is 21.3. The van der Waals surface area contributed by atoms with Crippen molar-refractivity contribution in [2.75, 3.05) is 13.1 Å². The van der Waals surface area contributed by atoms with E-state index in [-0.39, 0.29) is 60.9 Å². The van der Waals surface area contributed by atoms with Crippen LogP contribution in [0.1, 0.15) is 121 Å². The highest BCUT2D eigenvalue weighted by atomic mass is 16.6. The molecule has 12 nitrogen and oxygen atoms in total. The molecule has 0 unspecified atom stereocenters. The van der Waals surface area contributed by atoms with Crippen molar-refractivity contribution in [2.24, 2.45) is 0 Å². The molecule has 0 aliphatic heterocycles. The lowest BCUT2D eigenvalue weighted by Crippen LogP contribution is -2.34. The van der Waals surface area contributed by atoms with E-state index in [1.54, 1.807) is 41.5 Å². The molecule has 3 rings (SSSR count). The van der Waals surface area contributed by atoms with E-state index in [0.717, 1.165) is 32.7 Å². The largest absolute Gasteiger partial charge is 0.460 e. The summed E-state index contributed by atoms with van der Waals surface area (Å²) in [5.74, 6) is -1.86. The number of carbonyl (C=O) groups is 6. The van der Waals surface area contributed by atoms with E-state index in [9.17, 15) is 28.8 Å². The Morgan fingerprint density at radius 3 is 0.893 bits per heavy atom. The number of hydrogen-bond donors (Lipinski definition) is 2. The molecule has 3 aromatic rings. The lowest BCUT2D eigenvalue weighted by Gasteiger charge is -2.20. The van der Waals surface area contributed by atoms with Crippen LogP contribution in [0.25, 0.3) is 21.5 Å². The van der Waals surface area contributed by atoms with Crippen molar-refractivity contribution >= 4 is 57.2 Å². The van der Waals surface area contributed by atoms with E-state index >= 15 is 0 Å². The molecule has 0 aromatic heterocycles. The molecule has 56 heavy (non-hydrogen) atoms. The van der Waals surface area contributed by atoms with Crippen LogP contribution in [0, 0.1) is 0 Å². The van der Waals surface area contributed by atoms with Gasteiger partial charge in [0.25, 0.3) is 0 Å². The Bertz CT molecular complexity index is 1630. The van der Waals surface area contributed by atoms with Crippen molar-refractivity contribution < 1.29 is 47.7 Å². The fourth-order valence-corrected chi connectivity index (χ4v) is 5.46. The van der Waals surface area contributed by atoms with Crippen LogP contribution < -0.4 is 10.6 Å². The summed E-state index contributed by atoms with van der Waals surface area (Å²) in [4.78, 5) is 69.6. The molecule has 0 fully saturated rings. The monoisotopic (exact) mass is 780 g/mol. The van der Waals surface area contributed by atoms with E-state index in [1.165, 1.54) is 13.8 Å². The molecular weight excluding hydrogens is 716 g/mol. The van der Waals surface area contributed by atoms with Gasteiger partial charge in [-0.2, -0.15) is 0 Å². The van der Waals surface area contributed by atoms with Crippen molar-refractivity contribution in [1.29, 1.82) is 0 Å². The van der Waals surface area contributed by atoms with E-state index in [2.05, 4.69) is 10.6 Å². The summed E-state index contributed by atoms with van der Waals surface area (Å²) in [6, 6.07) is 16.0. The number of amides is 2. The van der Waals surface area contributed by atoms with Crippen LogP contribution in [0.15, 0.2) is 48.5 Å². The highest BCUT2D eigenvalue weighted by Crippen LogP contribution is 2.34. The van der Waals surface area contributed by atoms with Gasteiger partial charge < -0.3 is 29.6 Å². The molecule has 310 valence electrons. The molecule has 0 aliphatic carbocycles. The highest BCUT2D eigenvalue weighted by molar-refractivity contribution is 6.06. The average Bonchev–Trinajstić information content (AvgIpc) is 3.01. The molecule has 2 amide bonds. The minimum absolute atomic E-state index is 0.174. The lowest BCUT2D eigenvalue weighted by atomic mass is 9.88. The number of fused-ring (bicyclic) bond motifs is 2. The number of nitrogens with one attached hydrogen (secondary N) is 2. The molecule has 0 heterocycles. The highest BCUT2D eigenvalue weighted by Gasteiger charge is 2.20. The zero-order valence-electron chi connectivity index (χ0n) is 35.9. The van der Waals surface area contributed by atoms with Crippen LogP contribution in [0.2, 0.25) is 0 Å². The van der Waals surface area contributed by atoms with E-state index in [1.807, 2.05) is 90.1 Å². The third kappa shape index (κ3) is 21.2. The van der Waals surface area contributed by atoms with Crippen LogP contribution in [0.3, 0.4) is 0 Å². The first-order valence-corrected chi connectivity index (χ1v) is 18.8. The molecule has 0 saturated carbocycles. The number of hydrogen-bond acceptors (Lipinski definition) is 10. The van der Waals surface area contributed by atoms with Crippen molar-refractivity contribution in [1.82, 2.24) is 10.6 Å². The Balaban J connectivity index is 0.000000817. The normalized spacial score (nSPS) is 11.5. The standard InChI is InChI=1S/C32H40N2O6.2C6H12O2/c1-31(2,3)39-29(37)19-33-27(35)17-15-25-21-11-7-9-13-23(21)26(24-14-10-8-12-22(24)25)16-18-28(36)34-20-30(38)40-32(4,5)6;2*1-5(7)8-6(2,3)4/h7-14H,15-20H2,1-6H3,(H,33,35)(H,34,36);2*1-4H3. The summed E-state index contributed by atoms with van der Waals surface area (Å²) in [6.45, 7) is 24.2. The summed E-state index contributed by atoms with van der Waals surface area (Å²) >= 11 is 0. The maximum atomic E-state index is 12.6. The number of rotatable bonds is 10. The molecule has 0 radical (unpaired) electrons. The number of aryl methyl sites for hydroxylation is 2. The SMILES string of the molecule is CC(=O)OC(C)(C)C.CC(=O)OC(C)(C)C.CC(C)(C)OC(=O)CNC(=O)CCc1c2ccccc2c(CCC(=O)NCC(=O)OC(C)(C)C)c2ccccc12. The number of benzene rings is 3. The van der Waals surface area contributed by atoms with Gasteiger partial charge in [0.15, 0.2) is 0 Å². The Kier molecular flexibility index (Phi) is 18.7. The van der Waals surface area contributed by atoms with E-state index < -0.39 is 23.1 Å². The van der Waals surface area contributed by atoms with Crippen LogP contribution in [-0.2, 0) is 60.6 Å². The summed E-state index contributed by atoms with van der Waals surface area (Å²) < 4.78 is 20.1. The number of carbonyl (C=O) groups excluding carboxylic acids is 6. The van der Waals surface area contributed by atoms with Gasteiger partial charge in [0.1, 0.15) is 35.5 Å². The first-order chi connectivity index (χ1) is 25.6. The maximum absolute atomic E-state index is 12.6. The van der Waals surface area contributed by atoms with Crippen LogP contribution in [-0.4, -0.2) is 71.2 Å². The summed E-state index contributed by atoms with van der Waals surface area (Å²) in [7, 11) is 0. The Hall–Kier alpha value is -5.00. The van der Waals surface area contributed by atoms with Crippen molar-refractivity contribution in [3.63, 3.8) is 0 Å². The van der Waals surface area contributed by atoms with Gasteiger partial charge in [0, 0.05) is 26.7 Å². The molecule has 0 atom stereocenters. The lowest BCUT2D eigenvalue weighted by molar-refractivity contribution is -0.155. The minimum Gasteiger partial charge on any atom is -0.460 e. The summed E-state index contributed by atoms with van der Waals surface area (Å²) in [5, 5.41) is 9.39. The van der Waals surface area contributed by atoms with Crippen LogP contribution in [0.4, 0.5) is 0 Å². The van der Waals surface area contributed by atoms with Gasteiger partial charge in [-0.25, -0.2) is 0 Å². The molecule has 0 saturated heterocycles. The van der Waals surface area contributed by atoms with Crippen LogP contribution in [0.5, 0.6) is 0 Å². The predicted molar refractivity (Wildman–Crippen MR) is 219 cm³/mol. The molecule has 0 aliphatic rings. The fraction of sp³-hybridized carbons (Fsp3) is 0.545. The first-order valence-electron chi connectivity index (χ1n) is 18.8. The van der Waals surface area contributed by atoms with E-state index in [4.69, 9.17) is 18.9 Å². The quantitative estimate of drug-likeness (QED) is 0.120. The van der Waals surface area contributed by atoms with Crippen LogP contribution >= 0.6 is 0 Å². The van der Waals surface area contributed by atoms with Gasteiger partial charge in [-0.1, -0.05) is 48.5 Å². The predicted octanol–water partition coefficient (Wildman–Crippen LogP) is 7.47. The van der Waals surface area contributed by atoms with Gasteiger partial charge in [-0.3, -0.25) is 28.8 Å². The Morgan fingerprint density at radius 1 is 0.446 bits per heavy atom. The van der Waals surface area contributed by atoms with Gasteiger partial charge in [-0.15, -0.1) is 0 Å². The molecule has 12 heteroatoms. The van der Waals surface area contributed by atoms with E-state index in [0.29, 0.717) is 12.8 Å². The molecular formula is C44H64N2O10. The summed E-state index contributed by atoms with van der Waals surface area (Å²) in [6.07, 6.45) is 1.39. The molecule has 2 N–H and O–H groups in total. The third-order valence-electron chi connectivity index (χ3n) is 6.96. The molecule has 0 bridgehead atoms. The van der Waals surface area contributed by atoms with Crippen molar-refractivity contribution in [3.8, 4) is 0 Å². The minimum atomic E-state index is -0.611. The maximum Gasteiger partial charge on any atom is 0.325 e. The fourth-order valence-electron chi connectivity index (χ4n) is 5.46. The Morgan fingerprint density at radius 2 is 0.696 bits per heavy atom. The second-order valence-electron chi connectivity index (χ2n) is 17.2. The van der Waals surface area contributed by atoms with Crippen molar-refractivity contribution in [3.05, 3.63) is 59.7 Å². The van der Waals surface area contributed by atoms with Gasteiger partial charge in [0.05, 0.1) is 0 Å². The van der Waals surface area contributed by atoms with Gasteiger partial charge in [-0.05, 0) is 129 Å².